The van der Waals surface area contributed by atoms with E-state index in [9.17, 15) is 18.8 Å². The number of alkyl halides is 1. The third-order valence-electron chi connectivity index (χ3n) is 9.03. The third kappa shape index (κ3) is 7.33. The minimum Gasteiger partial charge on any atom is -0.461 e. The molecule has 3 aliphatic rings. The van der Waals surface area contributed by atoms with E-state index in [1.807, 2.05) is 19.1 Å². The van der Waals surface area contributed by atoms with Gasteiger partial charge in [-0.1, -0.05) is 69.1 Å². The van der Waals surface area contributed by atoms with Crippen molar-refractivity contribution in [3.8, 4) is 0 Å². The summed E-state index contributed by atoms with van der Waals surface area (Å²) in [4.78, 5) is 40.4. The number of anilines is 1. The summed E-state index contributed by atoms with van der Waals surface area (Å²) in [5.74, 6) is -1.56. The summed E-state index contributed by atoms with van der Waals surface area (Å²) in [6, 6.07) is 3.57. The summed E-state index contributed by atoms with van der Waals surface area (Å²) in [6.07, 6.45) is 8.02. The van der Waals surface area contributed by atoms with Gasteiger partial charge in [0.15, 0.2) is 0 Å². The number of carbonyl (C=O) groups excluding carboxylic acids is 3. The number of esters is 1. The molecule has 1 unspecified atom stereocenters. The van der Waals surface area contributed by atoms with Gasteiger partial charge in [-0.05, 0) is 74.1 Å². The first kappa shape index (κ1) is 34.4. The van der Waals surface area contributed by atoms with Crippen molar-refractivity contribution in [1.29, 1.82) is 0 Å². The van der Waals surface area contributed by atoms with Crippen LogP contribution in [0.25, 0.3) is 0 Å². The smallest absolute Gasteiger partial charge is 0.322 e. The van der Waals surface area contributed by atoms with E-state index in [1.165, 1.54) is 6.08 Å². The average molecular weight is 652 g/mol. The van der Waals surface area contributed by atoms with Crippen LogP contribution in [0.5, 0.6) is 0 Å². The van der Waals surface area contributed by atoms with Gasteiger partial charge in [-0.2, -0.15) is 0 Å². The Morgan fingerprint density at radius 1 is 1.23 bits per heavy atom. The molecule has 1 saturated heterocycles. The molecule has 242 valence electrons. The fraction of sp³-hybridized carbons (Fsp3) is 0.606. The van der Waals surface area contributed by atoms with Crippen molar-refractivity contribution in [3.63, 3.8) is 0 Å². The Labute approximate surface area is 269 Å². The van der Waals surface area contributed by atoms with E-state index in [4.69, 9.17) is 33.7 Å². The van der Waals surface area contributed by atoms with Gasteiger partial charge in [0.25, 0.3) is 0 Å². The highest BCUT2D eigenvalue weighted by molar-refractivity contribution is 6.31. The number of benzene rings is 1. The number of amides is 2. The first-order chi connectivity index (χ1) is 20.7. The largest absolute Gasteiger partial charge is 0.461 e. The fourth-order valence-corrected chi connectivity index (χ4v) is 7.37. The highest BCUT2D eigenvalue weighted by Gasteiger charge is 2.66. The van der Waals surface area contributed by atoms with E-state index >= 15 is 0 Å². The normalized spacial score (nSPS) is 30.2. The van der Waals surface area contributed by atoms with Crippen molar-refractivity contribution in [3.05, 3.63) is 52.0 Å². The molecule has 1 aromatic carbocycles. The Morgan fingerprint density at radius 2 is 1.91 bits per heavy atom. The fourth-order valence-electron chi connectivity index (χ4n) is 7.13. The van der Waals surface area contributed by atoms with Crippen LogP contribution in [0.15, 0.2) is 41.5 Å². The van der Waals surface area contributed by atoms with E-state index in [1.54, 1.807) is 25.1 Å². The maximum Gasteiger partial charge on any atom is 0.322 e. The van der Waals surface area contributed by atoms with Gasteiger partial charge in [0.05, 0.1) is 11.5 Å². The molecule has 5 N–H and O–H groups in total. The Morgan fingerprint density at radius 3 is 2.52 bits per heavy atom. The standard InChI is InChI=1S/C33H45Cl2FN4O4/c1-18(7-6-8-21(35)17-36)27-28(29(41)38-22-10-12-23(13-11-22)44-30(42)19(2)37)40-26(16-32(3,4)5)33(27)24-14-9-20(34)15-25(24)39-31(33)43/h6-9,14-15,18-19,22-23,26-28,40H,10-13,16-17,37H2,1-5H3,(H,38,41)(H,39,43)/b7-6-,21-8+/t18?,19-,22-,23-,26-,27+,28-,33+/m1/s1. The molecule has 1 spiro atoms. The summed E-state index contributed by atoms with van der Waals surface area (Å²) in [5, 5.41) is 10.5. The summed E-state index contributed by atoms with van der Waals surface area (Å²) in [5.41, 5.74) is 5.86. The number of ether oxygens (including phenoxy) is 1. The van der Waals surface area contributed by atoms with Crippen molar-refractivity contribution < 1.29 is 23.5 Å². The molecule has 1 aromatic rings. The van der Waals surface area contributed by atoms with Crippen LogP contribution in [0.4, 0.5) is 10.1 Å². The van der Waals surface area contributed by atoms with Gasteiger partial charge < -0.3 is 26.4 Å². The quantitative estimate of drug-likeness (QED) is 0.206. The van der Waals surface area contributed by atoms with Crippen LogP contribution in [-0.4, -0.2) is 54.7 Å². The first-order valence-corrected chi connectivity index (χ1v) is 16.2. The number of allylic oxidation sites excluding steroid dienone is 4. The Bertz CT molecular complexity index is 1300. The predicted octanol–water partition coefficient (Wildman–Crippen LogP) is 5.53. The van der Waals surface area contributed by atoms with E-state index in [0.717, 1.165) is 5.56 Å². The van der Waals surface area contributed by atoms with Crippen molar-refractivity contribution in [2.24, 2.45) is 23.0 Å². The molecule has 4 rings (SSSR count). The topological polar surface area (TPSA) is 123 Å². The summed E-state index contributed by atoms with van der Waals surface area (Å²) in [7, 11) is 0. The SMILES string of the molecule is CC(/C=C\C=C(\Cl)CF)[C@H]1[C@H](C(=O)N[C@H]2CC[C@H](OC(=O)[C@@H](C)N)CC2)N[C@H](CC(C)(C)C)[C@]12C(=O)Nc1cc(Cl)ccc12. The number of halogens is 3. The minimum absolute atomic E-state index is 0.0633. The third-order valence-corrected chi connectivity index (χ3v) is 9.49. The molecule has 2 amide bonds. The zero-order valence-electron chi connectivity index (χ0n) is 26.1. The van der Waals surface area contributed by atoms with Crippen LogP contribution in [0.3, 0.4) is 0 Å². The molecule has 0 radical (unpaired) electrons. The lowest BCUT2D eigenvalue weighted by molar-refractivity contribution is -0.152. The minimum atomic E-state index is -1.07. The molecule has 6 atom stereocenters. The molecular weight excluding hydrogens is 606 g/mol. The van der Waals surface area contributed by atoms with Gasteiger partial charge in [0.1, 0.15) is 18.8 Å². The number of nitrogens with two attached hydrogens (primary N) is 1. The molecule has 0 bridgehead atoms. The van der Waals surface area contributed by atoms with Crippen LogP contribution in [0, 0.1) is 17.3 Å². The number of fused-ring (bicyclic) bond motifs is 2. The molecule has 2 heterocycles. The van der Waals surface area contributed by atoms with E-state index in [0.29, 0.717) is 42.8 Å². The number of hydrogen-bond acceptors (Lipinski definition) is 6. The molecule has 8 nitrogen and oxygen atoms in total. The molecule has 11 heteroatoms. The van der Waals surface area contributed by atoms with Crippen LogP contribution in [-0.2, 0) is 24.5 Å². The first-order valence-electron chi connectivity index (χ1n) is 15.4. The van der Waals surface area contributed by atoms with E-state index in [2.05, 4.69) is 36.7 Å². The highest BCUT2D eigenvalue weighted by Crippen LogP contribution is 2.55. The highest BCUT2D eigenvalue weighted by atomic mass is 35.5. The van der Waals surface area contributed by atoms with Gasteiger partial charge in [-0.3, -0.25) is 14.4 Å². The van der Waals surface area contributed by atoms with Crippen LogP contribution in [0.2, 0.25) is 5.02 Å². The van der Waals surface area contributed by atoms with Crippen molar-refractivity contribution in [2.45, 2.75) is 102 Å². The van der Waals surface area contributed by atoms with Crippen molar-refractivity contribution >= 4 is 46.7 Å². The lowest BCUT2D eigenvalue weighted by Crippen LogP contribution is -2.52. The molecule has 1 saturated carbocycles. The van der Waals surface area contributed by atoms with Gasteiger partial charge in [-0.15, -0.1) is 0 Å². The number of rotatable bonds is 9. The molecular formula is C33H45Cl2FN4O4. The summed E-state index contributed by atoms with van der Waals surface area (Å²) in [6.45, 7) is 9.13. The maximum atomic E-state index is 14.3. The Hall–Kier alpha value is -2.46. The monoisotopic (exact) mass is 650 g/mol. The average Bonchev–Trinajstić information content (AvgIpc) is 3.42. The molecule has 44 heavy (non-hydrogen) atoms. The molecule has 2 aliphatic heterocycles. The van der Waals surface area contributed by atoms with Crippen LogP contribution >= 0.6 is 23.2 Å². The van der Waals surface area contributed by atoms with Gasteiger partial charge >= 0.3 is 5.97 Å². The lowest BCUT2D eigenvalue weighted by Gasteiger charge is -2.39. The van der Waals surface area contributed by atoms with E-state index in [-0.39, 0.29) is 46.4 Å². The number of hydrogen-bond donors (Lipinski definition) is 4. The van der Waals surface area contributed by atoms with Gasteiger partial charge in [0.2, 0.25) is 11.8 Å². The Kier molecular flexibility index (Phi) is 10.9. The Balaban J connectivity index is 1.68. The zero-order chi connectivity index (χ0) is 32.4. The van der Waals surface area contributed by atoms with Crippen LogP contribution < -0.4 is 21.7 Å². The molecule has 1 aliphatic carbocycles. The lowest BCUT2D eigenvalue weighted by atomic mass is 9.61. The summed E-state index contributed by atoms with van der Waals surface area (Å²) >= 11 is 12.3. The predicted molar refractivity (Wildman–Crippen MR) is 172 cm³/mol. The summed E-state index contributed by atoms with van der Waals surface area (Å²) < 4.78 is 18.5. The van der Waals surface area contributed by atoms with Gasteiger partial charge in [-0.25, -0.2) is 4.39 Å². The second kappa shape index (κ2) is 13.9. The maximum absolute atomic E-state index is 14.3. The van der Waals surface area contributed by atoms with Crippen LogP contribution in [0.1, 0.15) is 72.3 Å². The van der Waals surface area contributed by atoms with E-state index < -0.39 is 36.1 Å². The molecule has 0 aromatic heterocycles. The number of carbonyl (C=O) groups is 3. The molecule has 2 fully saturated rings. The zero-order valence-corrected chi connectivity index (χ0v) is 27.6. The second-order valence-corrected chi connectivity index (χ2v) is 14.6. The second-order valence-electron chi connectivity index (χ2n) is 13.7. The van der Waals surface area contributed by atoms with Gasteiger partial charge in [0, 0.05) is 33.7 Å². The van der Waals surface area contributed by atoms with Crippen molar-refractivity contribution in [2.75, 3.05) is 12.0 Å². The van der Waals surface area contributed by atoms with Crippen molar-refractivity contribution in [1.82, 2.24) is 10.6 Å². The number of nitrogens with one attached hydrogen (secondary N) is 3.